The van der Waals surface area contributed by atoms with Crippen LogP contribution in [0.2, 0.25) is 0 Å². The quantitative estimate of drug-likeness (QED) is 0.880. The zero-order valence-electron chi connectivity index (χ0n) is 9.47. The monoisotopic (exact) mass is 235 g/mol. The number of carboxylic acids is 1. The highest BCUT2D eigenvalue weighted by Gasteiger charge is 2.11. The van der Waals surface area contributed by atoms with E-state index in [0.717, 1.165) is 12.8 Å². The summed E-state index contributed by atoms with van der Waals surface area (Å²) in [6.45, 7) is 2.63. The van der Waals surface area contributed by atoms with Gasteiger partial charge in [0.15, 0.2) is 5.58 Å². The number of carboxylic acid groups (broad SMARTS) is 1. The maximum Gasteiger partial charge on any atom is 0.419 e. The largest absolute Gasteiger partial charge is 0.478 e. The first-order valence-corrected chi connectivity index (χ1v) is 5.50. The fraction of sp³-hybridized carbons (Fsp3) is 0.333. The second-order valence-corrected chi connectivity index (χ2v) is 3.86. The Morgan fingerprint density at radius 1 is 1.47 bits per heavy atom. The van der Waals surface area contributed by atoms with Crippen LogP contribution in [-0.2, 0) is 6.54 Å². The lowest BCUT2D eigenvalue weighted by Crippen LogP contribution is -2.13. The van der Waals surface area contributed by atoms with E-state index < -0.39 is 11.7 Å². The standard InChI is InChI=1S/C12H13NO4/c1-2-3-6-13-9-5-4-8(11(14)15)7-10(9)17-12(13)16/h4-5,7H,2-3,6H2,1H3,(H,14,15). The zero-order chi connectivity index (χ0) is 12.4. The van der Waals surface area contributed by atoms with E-state index in [1.165, 1.54) is 16.7 Å². The Bertz CT molecular complexity index is 608. The molecule has 0 spiro atoms. The van der Waals surface area contributed by atoms with Crippen LogP contribution in [-0.4, -0.2) is 15.6 Å². The molecule has 1 N–H and O–H groups in total. The van der Waals surface area contributed by atoms with E-state index in [9.17, 15) is 9.59 Å². The molecule has 0 saturated carbocycles. The summed E-state index contributed by atoms with van der Waals surface area (Å²) in [5.74, 6) is -1.47. The third-order valence-corrected chi connectivity index (χ3v) is 2.65. The van der Waals surface area contributed by atoms with Crippen LogP contribution in [0.3, 0.4) is 0 Å². The number of unbranched alkanes of at least 4 members (excludes halogenated alkanes) is 1. The Balaban J connectivity index is 2.52. The molecule has 90 valence electrons. The Morgan fingerprint density at radius 3 is 2.88 bits per heavy atom. The number of carbonyl (C=O) groups is 1. The molecule has 5 heteroatoms. The van der Waals surface area contributed by atoms with Gasteiger partial charge in [0.25, 0.3) is 0 Å². The maximum atomic E-state index is 11.6. The molecule has 1 aromatic carbocycles. The molecule has 0 bridgehead atoms. The van der Waals surface area contributed by atoms with E-state index in [1.54, 1.807) is 6.07 Å². The normalized spacial score (nSPS) is 10.9. The molecule has 0 aliphatic carbocycles. The molecule has 17 heavy (non-hydrogen) atoms. The molecule has 0 unspecified atom stereocenters. The minimum Gasteiger partial charge on any atom is -0.478 e. The number of rotatable bonds is 4. The van der Waals surface area contributed by atoms with Crippen LogP contribution in [0.5, 0.6) is 0 Å². The van der Waals surface area contributed by atoms with Crippen LogP contribution < -0.4 is 5.76 Å². The van der Waals surface area contributed by atoms with Gasteiger partial charge in [-0.2, -0.15) is 0 Å². The van der Waals surface area contributed by atoms with Crippen molar-refractivity contribution in [2.24, 2.45) is 0 Å². The first kappa shape index (κ1) is 11.4. The topological polar surface area (TPSA) is 72.4 Å². The van der Waals surface area contributed by atoms with Crippen LogP contribution >= 0.6 is 0 Å². The molecule has 0 saturated heterocycles. The molecular formula is C12H13NO4. The van der Waals surface area contributed by atoms with Crippen LogP contribution in [0.1, 0.15) is 30.1 Å². The van der Waals surface area contributed by atoms with Crippen LogP contribution in [0, 0.1) is 0 Å². The highest BCUT2D eigenvalue weighted by molar-refractivity contribution is 5.91. The lowest BCUT2D eigenvalue weighted by molar-refractivity contribution is 0.0697. The van der Waals surface area contributed by atoms with E-state index >= 15 is 0 Å². The predicted octanol–water partition coefficient (Wildman–Crippen LogP) is 2.09. The van der Waals surface area contributed by atoms with Crippen LogP contribution in [0.4, 0.5) is 0 Å². The van der Waals surface area contributed by atoms with Gasteiger partial charge in [-0.15, -0.1) is 0 Å². The van der Waals surface area contributed by atoms with E-state index in [1.807, 2.05) is 6.92 Å². The number of benzene rings is 1. The Morgan fingerprint density at radius 2 is 2.24 bits per heavy atom. The summed E-state index contributed by atoms with van der Waals surface area (Å²) >= 11 is 0. The van der Waals surface area contributed by atoms with E-state index in [2.05, 4.69) is 0 Å². The van der Waals surface area contributed by atoms with Crippen LogP contribution in [0.15, 0.2) is 27.4 Å². The lowest BCUT2D eigenvalue weighted by Gasteiger charge is -2.00. The highest BCUT2D eigenvalue weighted by Crippen LogP contribution is 2.15. The SMILES string of the molecule is CCCCn1c(=O)oc2cc(C(=O)O)ccc21. The van der Waals surface area contributed by atoms with Crippen molar-refractivity contribution in [3.05, 3.63) is 34.3 Å². The highest BCUT2D eigenvalue weighted by atomic mass is 16.4. The predicted molar refractivity (Wildman–Crippen MR) is 62.3 cm³/mol. The number of hydrogen-bond acceptors (Lipinski definition) is 3. The molecule has 2 rings (SSSR count). The van der Waals surface area contributed by atoms with Gasteiger partial charge in [-0.3, -0.25) is 4.57 Å². The molecule has 2 aromatic rings. The molecule has 0 radical (unpaired) electrons. The minimum atomic E-state index is -1.03. The summed E-state index contributed by atoms with van der Waals surface area (Å²) in [5.41, 5.74) is 1.09. The number of oxazole rings is 1. The van der Waals surface area contributed by atoms with Crippen molar-refractivity contribution in [2.45, 2.75) is 26.3 Å². The van der Waals surface area contributed by atoms with Crippen molar-refractivity contribution >= 4 is 17.1 Å². The van der Waals surface area contributed by atoms with Crippen LogP contribution in [0.25, 0.3) is 11.1 Å². The smallest absolute Gasteiger partial charge is 0.419 e. The second-order valence-electron chi connectivity index (χ2n) is 3.86. The molecule has 0 fully saturated rings. The van der Waals surface area contributed by atoms with Crippen molar-refractivity contribution in [3.8, 4) is 0 Å². The molecule has 0 atom stereocenters. The second kappa shape index (κ2) is 4.45. The van der Waals surface area contributed by atoms with Gasteiger partial charge in [0.05, 0.1) is 11.1 Å². The zero-order valence-corrected chi connectivity index (χ0v) is 9.47. The molecule has 1 aromatic heterocycles. The number of hydrogen-bond donors (Lipinski definition) is 1. The lowest BCUT2D eigenvalue weighted by atomic mass is 10.2. The summed E-state index contributed by atoms with van der Waals surface area (Å²) < 4.78 is 6.56. The van der Waals surface area contributed by atoms with Gasteiger partial charge in [-0.25, -0.2) is 9.59 Å². The van der Waals surface area contributed by atoms with Crippen molar-refractivity contribution in [1.29, 1.82) is 0 Å². The number of aryl methyl sites for hydroxylation is 1. The van der Waals surface area contributed by atoms with Gasteiger partial charge in [0, 0.05) is 6.54 Å². The number of aromatic carboxylic acids is 1. The average Bonchev–Trinajstić information content (AvgIpc) is 2.61. The van der Waals surface area contributed by atoms with Crippen molar-refractivity contribution in [1.82, 2.24) is 4.57 Å². The fourth-order valence-electron chi connectivity index (χ4n) is 1.73. The third kappa shape index (κ3) is 2.08. The summed E-state index contributed by atoms with van der Waals surface area (Å²) in [4.78, 5) is 22.4. The Kier molecular flexibility index (Phi) is 2.99. The van der Waals surface area contributed by atoms with E-state index in [4.69, 9.17) is 9.52 Å². The maximum absolute atomic E-state index is 11.6. The number of fused-ring (bicyclic) bond motifs is 1. The number of nitrogens with zero attached hydrogens (tertiary/aromatic N) is 1. The molecular weight excluding hydrogens is 222 g/mol. The molecule has 0 amide bonds. The number of aromatic nitrogens is 1. The molecule has 0 aliphatic rings. The molecule has 5 nitrogen and oxygen atoms in total. The van der Waals surface area contributed by atoms with Crippen molar-refractivity contribution in [3.63, 3.8) is 0 Å². The van der Waals surface area contributed by atoms with E-state index in [0.29, 0.717) is 17.6 Å². The van der Waals surface area contributed by atoms with Crippen molar-refractivity contribution < 1.29 is 14.3 Å². The summed E-state index contributed by atoms with van der Waals surface area (Å²) in [6, 6.07) is 4.46. The summed E-state index contributed by atoms with van der Waals surface area (Å²) in [6.07, 6.45) is 1.86. The van der Waals surface area contributed by atoms with Gasteiger partial charge >= 0.3 is 11.7 Å². The average molecular weight is 235 g/mol. The first-order chi connectivity index (χ1) is 8.13. The first-order valence-electron chi connectivity index (χ1n) is 5.50. The summed E-state index contributed by atoms with van der Waals surface area (Å²) in [7, 11) is 0. The van der Waals surface area contributed by atoms with Gasteiger partial charge in [-0.05, 0) is 24.6 Å². The Hall–Kier alpha value is -2.04. The van der Waals surface area contributed by atoms with E-state index in [-0.39, 0.29) is 5.56 Å². The summed E-state index contributed by atoms with van der Waals surface area (Å²) in [5, 5.41) is 8.84. The molecule has 0 aliphatic heterocycles. The van der Waals surface area contributed by atoms with Gasteiger partial charge in [0.2, 0.25) is 0 Å². The third-order valence-electron chi connectivity index (χ3n) is 2.65. The van der Waals surface area contributed by atoms with Gasteiger partial charge in [0.1, 0.15) is 0 Å². The Labute approximate surface area is 97.3 Å². The fourth-order valence-corrected chi connectivity index (χ4v) is 1.73. The molecule has 1 heterocycles. The van der Waals surface area contributed by atoms with Gasteiger partial charge in [-0.1, -0.05) is 13.3 Å². The minimum absolute atomic E-state index is 0.119. The van der Waals surface area contributed by atoms with Crippen molar-refractivity contribution in [2.75, 3.05) is 0 Å². The van der Waals surface area contributed by atoms with Gasteiger partial charge < -0.3 is 9.52 Å².